The third-order valence-corrected chi connectivity index (χ3v) is 4.36. The van der Waals surface area contributed by atoms with Crippen LogP contribution in [0.2, 0.25) is 0 Å². The standard InChI is InChI=1S/C14H12FNO2S/c15-10-3-1-2-9(6-10)13-11(7-12(17)18)16-14(19-13)8-4-5-8/h1-3,6,8H,4-5,7H2,(H,17,18). The van der Waals surface area contributed by atoms with Gasteiger partial charge in [0, 0.05) is 5.92 Å². The molecule has 0 radical (unpaired) electrons. The molecular weight excluding hydrogens is 265 g/mol. The van der Waals surface area contributed by atoms with Crippen molar-refractivity contribution in [3.05, 3.63) is 40.8 Å². The van der Waals surface area contributed by atoms with E-state index in [-0.39, 0.29) is 12.2 Å². The summed E-state index contributed by atoms with van der Waals surface area (Å²) in [7, 11) is 0. The molecule has 0 spiro atoms. The van der Waals surface area contributed by atoms with Crippen LogP contribution in [-0.2, 0) is 11.2 Å². The maximum atomic E-state index is 13.3. The Balaban J connectivity index is 2.04. The maximum absolute atomic E-state index is 13.3. The molecule has 1 heterocycles. The first-order chi connectivity index (χ1) is 9.13. The van der Waals surface area contributed by atoms with E-state index in [1.807, 2.05) is 0 Å². The molecule has 1 aliphatic rings. The smallest absolute Gasteiger partial charge is 0.309 e. The average Bonchev–Trinajstić information content (AvgIpc) is 3.11. The molecule has 1 fully saturated rings. The van der Waals surface area contributed by atoms with E-state index < -0.39 is 5.97 Å². The second-order valence-electron chi connectivity index (χ2n) is 4.68. The lowest BCUT2D eigenvalue weighted by Crippen LogP contribution is -2.01. The van der Waals surface area contributed by atoms with Crippen molar-refractivity contribution in [1.29, 1.82) is 0 Å². The monoisotopic (exact) mass is 277 g/mol. The third-order valence-electron chi connectivity index (χ3n) is 3.05. The normalized spacial score (nSPS) is 14.6. The number of halogens is 1. The molecule has 0 amide bonds. The van der Waals surface area contributed by atoms with Crippen LogP contribution in [-0.4, -0.2) is 16.1 Å². The van der Waals surface area contributed by atoms with Crippen LogP contribution in [0.4, 0.5) is 4.39 Å². The second-order valence-corrected chi connectivity index (χ2v) is 5.71. The summed E-state index contributed by atoms with van der Waals surface area (Å²) in [4.78, 5) is 16.1. The van der Waals surface area contributed by atoms with Crippen LogP contribution in [0.3, 0.4) is 0 Å². The molecule has 0 atom stereocenters. The number of aromatic nitrogens is 1. The largest absolute Gasteiger partial charge is 0.481 e. The van der Waals surface area contributed by atoms with Crippen molar-refractivity contribution in [2.45, 2.75) is 25.2 Å². The molecule has 3 rings (SSSR count). The van der Waals surface area contributed by atoms with Crippen LogP contribution < -0.4 is 0 Å². The highest BCUT2D eigenvalue weighted by Crippen LogP contribution is 2.44. The van der Waals surface area contributed by atoms with Crippen LogP contribution in [0.1, 0.15) is 29.5 Å². The Kier molecular flexibility index (Phi) is 3.06. The molecule has 1 aliphatic carbocycles. The Morgan fingerprint density at radius 1 is 1.47 bits per heavy atom. The van der Waals surface area contributed by atoms with E-state index in [4.69, 9.17) is 5.11 Å². The van der Waals surface area contributed by atoms with Gasteiger partial charge in [0.1, 0.15) is 5.82 Å². The number of hydrogen-bond donors (Lipinski definition) is 1. The van der Waals surface area contributed by atoms with Gasteiger partial charge in [0.15, 0.2) is 0 Å². The van der Waals surface area contributed by atoms with Crippen LogP contribution in [0, 0.1) is 5.82 Å². The van der Waals surface area contributed by atoms with Gasteiger partial charge in [0.2, 0.25) is 0 Å². The van der Waals surface area contributed by atoms with Crippen molar-refractivity contribution in [2.75, 3.05) is 0 Å². The zero-order chi connectivity index (χ0) is 13.4. The second kappa shape index (κ2) is 4.74. The molecule has 2 aromatic rings. The topological polar surface area (TPSA) is 50.2 Å². The zero-order valence-corrected chi connectivity index (χ0v) is 10.9. The molecule has 1 N–H and O–H groups in total. The minimum atomic E-state index is -0.912. The number of aliphatic carboxylic acids is 1. The van der Waals surface area contributed by atoms with E-state index in [2.05, 4.69) is 4.98 Å². The number of thiazole rings is 1. The minimum absolute atomic E-state index is 0.116. The molecule has 1 saturated carbocycles. The highest BCUT2D eigenvalue weighted by atomic mass is 32.1. The van der Waals surface area contributed by atoms with Crippen molar-refractivity contribution >= 4 is 17.3 Å². The first kappa shape index (κ1) is 12.3. The Labute approximate surface area is 113 Å². The van der Waals surface area contributed by atoms with Crippen LogP contribution in [0.15, 0.2) is 24.3 Å². The highest BCUT2D eigenvalue weighted by molar-refractivity contribution is 7.15. The van der Waals surface area contributed by atoms with Gasteiger partial charge in [0.05, 0.1) is 22.0 Å². The van der Waals surface area contributed by atoms with E-state index >= 15 is 0 Å². The maximum Gasteiger partial charge on any atom is 0.309 e. The number of benzene rings is 1. The predicted octanol–water partition coefficient (Wildman–Crippen LogP) is 3.45. The van der Waals surface area contributed by atoms with E-state index in [1.165, 1.54) is 23.5 Å². The lowest BCUT2D eigenvalue weighted by atomic mass is 10.1. The summed E-state index contributed by atoms with van der Waals surface area (Å²) < 4.78 is 13.3. The first-order valence-electron chi connectivity index (χ1n) is 6.11. The van der Waals surface area contributed by atoms with Gasteiger partial charge in [0.25, 0.3) is 0 Å². The Morgan fingerprint density at radius 3 is 2.89 bits per heavy atom. The van der Waals surface area contributed by atoms with Gasteiger partial charge >= 0.3 is 5.97 Å². The fourth-order valence-electron chi connectivity index (χ4n) is 1.99. The first-order valence-corrected chi connectivity index (χ1v) is 6.92. The summed E-state index contributed by atoms with van der Waals surface area (Å²) in [6, 6.07) is 6.23. The number of carboxylic acids is 1. The number of carbonyl (C=O) groups is 1. The third kappa shape index (κ3) is 2.66. The molecule has 0 saturated heterocycles. The van der Waals surface area contributed by atoms with Gasteiger partial charge in [-0.1, -0.05) is 12.1 Å². The average molecular weight is 277 g/mol. The molecular formula is C14H12FNO2S. The van der Waals surface area contributed by atoms with E-state index in [9.17, 15) is 9.18 Å². The molecule has 3 nitrogen and oxygen atoms in total. The lowest BCUT2D eigenvalue weighted by Gasteiger charge is -2.00. The predicted molar refractivity (Wildman–Crippen MR) is 70.8 cm³/mol. The molecule has 19 heavy (non-hydrogen) atoms. The number of rotatable bonds is 4. The van der Waals surface area contributed by atoms with E-state index in [1.54, 1.807) is 12.1 Å². The van der Waals surface area contributed by atoms with Gasteiger partial charge in [-0.05, 0) is 30.5 Å². The van der Waals surface area contributed by atoms with Crippen LogP contribution in [0.5, 0.6) is 0 Å². The van der Waals surface area contributed by atoms with Gasteiger partial charge in [-0.15, -0.1) is 11.3 Å². The molecule has 1 aromatic carbocycles. The molecule has 0 bridgehead atoms. The fraction of sp³-hybridized carbons (Fsp3) is 0.286. The van der Waals surface area contributed by atoms with Crippen molar-refractivity contribution in [3.63, 3.8) is 0 Å². The Hall–Kier alpha value is -1.75. The van der Waals surface area contributed by atoms with Crippen molar-refractivity contribution in [3.8, 4) is 10.4 Å². The summed E-state index contributed by atoms with van der Waals surface area (Å²) in [5, 5.41) is 9.93. The molecule has 98 valence electrons. The van der Waals surface area contributed by atoms with Crippen molar-refractivity contribution in [2.24, 2.45) is 0 Å². The van der Waals surface area contributed by atoms with Gasteiger partial charge < -0.3 is 5.11 Å². The van der Waals surface area contributed by atoms with Gasteiger partial charge in [-0.25, -0.2) is 9.37 Å². The Morgan fingerprint density at radius 2 is 2.26 bits per heavy atom. The summed E-state index contributed by atoms with van der Waals surface area (Å²) in [6.07, 6.45) is 2.11. The fourth-order valence-corrected chi connectivity index (χ4v) is 3.24. The number of carboxylic acid groups (broad SMARTS) is 1. The minimum Gasteiger partial charge on any atom is -0.481 e. The summed E-state index contributed by atoms with van der Waals surface area (Å²) in [5.74, 6) is -0.759. The van der Waals surface area contributed by atoms with Crippen LogP contribution >= 0.6 is 11.3 Å². The quantitative estimate of drug-likeness (QED) is 0.931. The van der Waals surface area contributed by atoms with Gasteiger partial charge in [-0.2, -0.15) is 0 Å². The molecule has 5 heteroatoms. The van der Waals surface area contributed by atoms with Crippen molar-refractivity contribution in [1.82, 2.24) is 4.98 Å². The molecule has 1 aromatic heterocycles. The molecule has 0 unspecified atom stereocenters. The summed E-state index contributed by atoms with van der Waals surface area (Å²) >= 11 is 1.49. The number of hydrogen-bond acceptors (Lipinski definition) is 3. The van der Waals surface area contributed by atoms with Crippen molar-refractivity contribution < 1.29 is 14.3 Å². The van der Waals surface area contributed by atoms with E-state index in [0.29, 0.717) is 17.2 Å². The summed E-state index contributed by atoms with van der Waals surface area (Å²) in [5.41, 5.74) is 1.26. The number of nitrogens with zero attached hydrogens (tertiary/aromatic N) is 1. The highest BCUT2D eigenvalue weighted by Gasteiger charge is 2.29. The van der Waals surface area contributed by atoms with Gasteiger partial charge in [-0.3, -0.25) is 4.79 Å². The summed E-state index contributed by atoms with van der Waals surface area (Å²) in [6.45, 7) is 0. The van der Waals surface area contributed by atoms with Crippen LogP contribution in [0.25, 0.3) is 10.4 Å². The molecule has 0 aliphatic heterocycles. The lowest BCUT2D eigenvalue weighted by molar-refractivity contribution is -0.136. The zero-order valence-electron chi connectivity index (χ0n) is 10.1. The SMILES string of the molecule is O=C(O)Cc1nc(C2CC2)sc1-c1cccc(F)c1. The Bertz CT molecular complexity index is 634. The van der Waals surface area contributed by atoms with E-state index in [0.717, 1.165) is 22.7 Å².